The van der Waals surface area contributed by atoms with Crippen LogP contribution in [0.25, 0.3) is 0 Å². The van der Waals surface area contributed by atoms with Crippen LogP contribution < -0.4 is 5.32 Å². The third-order valence-electron chi connectivity index (χ3n) is 10.6. The second-order valence-electron chi connectivity index (χ2n) is 13.2. The Kier molecular flexibility index (Phi) is 7.74. The van der Waals surface area contributed by atoms with E-state index >= 15 is 4.39 Å². The smallest absolute Gasteiger partial charge is 0.256 e. The number of Topliss-reactive ketones (excluding diaryl/α,β-unsaturated/α-hetero) is 1. The van der Waals surface area contributed by atoms with Crippen LogP contribution in [0.3, 0.4) is 0 Å². The van der Waals surface area contributed by atoms with E-state index in [4.69, 9.17) is 4.74 Å². The fourth-order valence-electron chi connectivity index (χ4n) is 8.68. The number of carbonyl (C=O) groups excluding carboxylic acids is 2. The first-order valence-corrected chi connectivity index (χ1v) is 15.3. The third-order valence-corrected chi connectivity index (χ3v) is 10.6. The van der Waals surface area contributed by atoms with Crippen molar-refractivity contribution >= 4 is 18.0 Å². The fourth-order valence-corrected chi connectivity index (χ4v) is 8.68. The van der Waals surface area contributed by atoms with Crippen LogP contribution in [-0.2, 0) is 14.3 Å². The standard InChI is InChI=1S/C30H46FN5O3/c1-34(2)17-33-25-23(31)15-21-26-29(25)39-28-20-9-5-4-7-18(20)10-11-24(28)36(26)16-22(27(21)37)30(38)32-13-12-19-8-6-14-35(19)3/h16-21,23-26,28-29H,4-15H2,1-3H3,(H,32,38). The number of carbonyl (C=O) groups is 2. The molecule has 5 fully saturated rings. The highest BCUT2D eigenvalue weighted by molar-refractivity contribution is 6.20. The second kappa shape index (κ2) is 11.1. The molecule has 0 aromatic carbocycles. The number of halogens is 1. The molecule has 0 bridgehead atoms. The molecule has 3 heterocycles. The molecular formula is C30H46FN5O3. The van der Waals surface area contributed by atoms with Gasteiger partial charge in [0.15, 0.2) is 5.78 Å². The third kappa shape index (κ3) is 5.03. The molecule has 10 unspecified atom stereocenters. The van der Waals surface area contributed by atoms with Crippen LogP contribution in [0.2, 0.25) is 0 Å². The number of alkyl halides is 1. The average Bonchev–Trinajstić information content (AvgIpc) is 3.33. The second-order valence-corrected chi connectivity index (χ2v) is 13.2. The summed E-state index contributed by atoms with van der Waals surface area (Å²) in [6.45, 7) is 1.64. The van der Waals surface area contributed by atoms with E-state index in [1.165, 1.54) is 25.7 Å². The van der Waals surface area contributed by atoms with Crippen LogP contribution in [-0.4, -0.2) is 110 Å². The zero-order valence-corrected chi connectivity index (χ0v) is 23.8. The van der Waals surface area contributed by atoms with Crippen molar-refractivity contribution < 1.29 is 18.7 Å². The van der Waals surface area contributed by atoms with E-state index in [9.17, 15) is 9.59 Å². The number of morpholine rings is 1. The number of hydrogen-bond acceptors (Lipinski definition) is 6. The lowest BCUT2D eigenvalue weighted by atomic mass is 9.64. The van der Waals surface area contributed by atoms with Gasteiger partial charge in [-0.05, 0) is 70.4 Å². The minimum Gasteiger partial charge on any atom is -0.369 e. The molecule has 6 rings (SSSR count). The Morgan fingerprint density at radius 3 is 2.77 bits per heavy atom. The van der Waals surface area contributed by atoms with E-state index in [-0.39, 0.29) is 41.9 Å². The van der Waals surface area contributed by atoms with Crippen LogP contribution in [0.4, 0.5) is 4.39 Å². The maximum atomic E-state index is 15.8. The molecule has 10 atom stereocenters. The molecule has 0 aromatic heterocycles. The molecule has 2 saturated heterocycles. The average molecular weight is 544 g/mol. The van der Waals surface area contributed by atoms with Crippen molar-refractivity contribution in [3.8, 4) is 0 Å². The minimum atomic E-state index is -1.29. The highest BCUT2D eigenvalue weighted by Gasteiger charge is 2.60. The van der Waals surface area contributed by atoms with Crippen molar-refractivity contribution in [1.82, 2.24) is 20.0 Å². The summed E-state index contributed by atoms with van der Waals surface area (Å²) in [5.74, 6) is -0.0432. The molecule has 9 heteroatoms. The maximum Gasteiger partial charge on any atom is 0.256 e. The predicted octanol–water partition coefficient (Wildman–Crippen LogP) is 2.78. The highest BCUT2D eigenvalue weighted by Crippen LogP contribution is 2.51. The normalized spacial score (nSPS) is 42.0. The number of hydrogen-bond donors (Lipinski definition) is 1. The van der Waals surface area contributed by atoms with Crippen molar-refractivity contribution in [3.63, 3.8) is 0 Å². The van der Waals surface area contributed by atoms with Crippen molar-refractivity contribution in [2.24, 2.45) is 22.7 Å². The van der Waals surface area contributed by atoms with Crippen LogP contribution in [0.15, 0.2) is 16.8 Å². The maximum absolute atomic E-state index is 15.8. The molecule has 3 aliphatic carbocycles. The Labute approximate surface area is 232 Å². The van der Waals surface area contributed by atoms with Gasteiger partial charge in [-0.25, -0.2) is 4.39 Å². The zero-order valence-electron chi connectivity index (χ0n) is 23.8. The molecule has 3 aliphatic heterocycles. The van der Waals surface area contributed by atoms with Crippen LogP contribution in [0, 0.1) is 17.8 Å². The van der Waals surface area contributed by atoms with Crippen LogP contribution >= 0.6 is 0 Å². The summed E-state index contributed by atoms with van der Waals surface area (Å²) in [6, 6.07) is -0.340. The fraction of sp³-hybridized carbons (Fsp3) is 0.833. The van der Waals surface area contributed by atoms with Gasteiger partial charge in [0.25, 0.3) is 5.91 Å². The number of ketones is 1. The van der Waals surface area contributed by atoms with Gasteiger partial charge in [-0.2, -0.15) is 0 Å². The van der Waals surface area contributed by atoms with Gasteiger partial charge in [0, 0.05) is 38.8 Å². The monoisotopic (exact) mass is 543 g/mol. The van der Waals surface area contributed by atoms with Gasteiger partial charge >= 0.3 is 0 Å². The van der Waals surface area contributed by atoms with Crippen molar-refractivity contribution in [2.45, 2.75) is 107 Å². The number of aliphatic imine (C=N–C) groups is 1. The van der Waals surface area contributed by atoms with Crippen LogP contribution in [0.1, 0.15) is 64.2 Å². The van der Waals surface area contributed by atoms with Gasteiger partial charge in [-0.3, -0.25) is 14.6 Å². The number of nitrogens with zero attached hydrogens (tertiary/aromatic N) is 4. The molecule has 0 aromatic rings. The van der Waals surface area contributed by atoms with E-state index in [1.807, 2.05) is 25.2 Å². The number of ether oxygens (including phenoxy) is 1. The Bertz CT molecular complexity index is 1000. The summed E-state index contributed by atoms with van der Waals surface area (Å²) < 4.78 is 22.7. The molecule has 216 valence electrons. The summed E-state index contributed by atoms with van der Waals surface area (Å²) in [7, 11) is 5.89. The number of amides is 1. The highest BCUT2D eigenvalue weighted by atomic mass is 19.1. The summed E-state index contributed by atoms with van der Waals surface area (Å²) in [4.78, 5) is 38.3. The van der Waals surface area contributed by atoms with Gasteiger partial charge in [-0.1, -0.05) is 19.3 Å². The minimum absolute atomic E-state index is 0.0139. The van der Waals surface area contributed by atoms with Crippen molar-refractivity contribution in [1.29, 1.82) is 0 Å². The van der Waals surface area contributed by atoms with Gasteiger partial charge in [0.2, 0.25) is 0 Å². The Balaban J connectivity index is 1.29. The predicted molar refractivity (Wildman–Crippen MR) is 148 cm³/mol. The molecule has 1 amide bonds. The lowest BCUT2D eigenvalue weighted by Crippen LogP contribution is -2.72. The van der Waals surface area contributed by atoms with Gasteiger partial charge in [0.1, 0.15) is 18.3 Å². The molecule has 8 nitrogen and oxygen atoms in total. The topological polar surface area (TPSA) is 77.5 Å². The van der Waals surface area contributed by atoms with Gasteiger partial charge < -0.3 is 24.8 Å². The lowest BCUT2D eigenvalue weighted by molar-refractivity contribution is -0.217. The Hall–Kier alpha value is -2.00. The van der Waals surface area contributed by atoms with Gasteiger partial charge in [0.05, 0.1) is 30.1 Å². The number of likely N-dealkylation sites (tertiary alicyclic amines) is 1. The summed E-state index contributed by atoms with van der Waals surface area (Å²) in [5, 5.41) is 3.03. The van der Waals surface area contributed by atoms with Crippen LogP contribution in [0.5, 0.6) is 0 Å². The molecule has 0 radical (unpaired) electrons. The first-order chi connectivity index (χ1) is 18.8. The van der Waals surface area contributed by atoms with E-state index in [0.717, 1.165) is 38.6 Å². The molecule has 6 aliphatic rings. The first kappa shape index (κ1) is 27.2. The van der Waals surface area contributed by atoms with Crippen molar-refractivity contribution in [3.05, 3.63) is 11.8 Å². The lowest BCUT2D eigenvalue weighted by Gasteiger charge is -2.61. The molecule has 3 saturated carbocycles. The van der Waals surface area contributed by atoms with Gasteiger partial charge in [-0.15, -0.1) is 0 Å². The largest absolute Gasteiger partial charge is 0.369 e. The number of nitrogens with one attached hydrogen (secondary N) is 1. The quantitative estimate of drug-likeness (QED) is 0.316. The molecule has 39 heavy (non-hydrogen) atoms. The Morgan fingerprint density at radius 1 is 1.18 bits per heavy atom. The Morgan fingerprint density at radius 2 is 2.00 bits per heavy atom. The van der Waals surface area contributed by atoms with E-state index in [1.54, 1.807) is 6.34 Å². The van der Waals surface area contributed by atoms with E-state index in [0.29, 0.717) is 24.4 Å². The number of fused-ring (bicyclic) bond motifs is 4. The number of rotatable bonds is 6. The summed E-state index contributed by atoms with van der Waals surface area (Å²) >= 11 is 0. The SMILES string of the molecule is CN(C)C=NC1C(F)CC2C(=O)C(C(=O)NCCC3CCCN3C)=CN3C4CCC5CCCCC5C4OC1C23. The summed E-state index contributed by atoms with van der Waals surface area (Å²) in [6.07, 6.45) is 12.0. The van der Waals surface area contributed by atoms with Crippen molar-refractivity contribution in [2.75, 3.05) is 34.2 Å². The summed E-state index contributed by atoms with van der Waals surface area (Å²) in [5.41, 5.74) is 0.198. The zero-order chi connectivity index (χ0) is 27.3. The van der Waals surface area contributed by atoms with E-state index in [2.05, 4.69) is 27.2 Å². The first-order valence-electron chi connectivity index (χ1n) is 15.3. The molecular weight excluding hydrogens is 497 g/mol. The molecule has 0 spiro atoms. The molecule has 1 N–H and O–H groups in total. The van der Waals surface area contributed by atoms with E-state index < -0.39 is 24.2 Å².